The smallest absolute Gasteiger partial charge is 0.147 e. The molecule has 1 aromatic carbocycles. The molecule has 0 fully saturated rings. The first-order valence-corrected chi connectivity index (χ1v) is 4.88. The van der Waals surface area contributed by atoms with Gasteiger partial charge in [-0.2, -0.15) is 0 Å². The zero-order valence-corrected chi connectivity index (χ0v) is 8.55. The van der Waals surface area contributed by atoms with Crippen LogP contribution in [0.2, 0.25) is 0 Å². The summed E-state index contributed by atoms with van der Waals surface area (Å²) in [5.41, 5.74) is 6.17. The lowest BCUT2D eigenvalue weighted by Gasteiger charge is -2.10. The minimum atomic E-state index is -0.827. The summed E-state index contributed by atoms with van der Waals surface area (Å²) < 4.78 is 15.3. The van der Waals surface area contributed by atoms with Crippen molar-refractivity contribution < 1.29 is 9.50 Å². The number of halogens is 1. The second-order valence-corrected chi connectivity index (χ2v) is 3.43. The van der Waals surface area contributed by atoms with E-state index in [1.165, 1.54) is 12.4 Å². The highest BCUT2D eigenvalue weighted by Gasteiger charge is 2.09. The van der Waals surface area contributed by atoms with E-state index in [0.29, 0.717) is 11.3 Å². The third-order valence-corrected chi connectivity index (χ3v) is 2.36. The lowest BCUT2D eigenvalue weighted by atomic mass is 10.1. The molecule has 5 heteroatoms. The molecule has 1 heterocycles. The van der Waals surface area contributed by atoms with Crippen molar-refractivity contribution in [3.05, 3.63) is 48.3 Å². The number of benzene rings is 1. The van der Waals surface area contributed by atoms with E-state index in [2.05, 4.69) is 4.98 Å². The number of aliphatic hydroxyl groups is 1. The van der Waals surface area contributed by atoms with Crippen LogP contribution in [0.15, 0.2) is 36.9 Å². The van der Waals surface area contributed by atoms with Gasteiger partial charge in [-0.1, -0.05) is 6.07 Å². The number of nitrogens with zero attached hydrogens (tertiary/aromatic N) is 2. The van der Waals surface area contributed by atoms with E-state index >= 15 is 0 Å². The predicted octanol–water partition coefficient (Wildman–Crippen LogP) is 1.00. The molecule has 2 aromatic rings. The summed E-state index contributed by atoms with van der Waals surface area (Å²) in [6.45, 7) is 0.0733. The summed E-state index contributed by atoms with van der Waals surface area (Å²) in [7, 11) is 0. The van der Waals surface area contributed by atoms with E-state index in [4.69, 9.17) is 5.73 Å². The fraction of sp³-hybridized carbons (Fsp3) is 0.182. The highest BCUT2D eigenvalue weighted by Crippen LogP contribution is 2.18. The Kier molecular flexibility index (Phi) is 2.98. The molecule has 0 saturated heterocycles. The first kappa shape index (κ1) is 10.8. The third-order valence-electron chi connectivity index (χ3n) is 2.36. The van der Waals surface area contributed by atoms with E-state index < -0.39 is 11.9 Å². The number of imidazole rings is 1. The fourth-order valence-electron chi connectivity index (χ4n) is 1.48. The van der Waals surface area contributed by atoms with Crippen molar-refractivity contribution in [1.82, 2.24) is 9.55 Å². The minimum Gasteiger partial charge on any atom is -0.387 e. The molecule has 0 aliphatic rings. The van der Waals surface area contributed by atoms with Crippen molar-refractivity contribution in [3.63, 3.8) is 0 Å². The monoisotopic (exact) mass is 221 g/mol. The van der Waals surface area contributed by atoms with Crippen molar-refractivity contribution in [2.45, 2.75) is 6.10 Å². The van der Waals surface area contributed by atoms with Crippen LogP contribution >= 0.6 is 0 Å². The van der Waals surface area contributed by atoms with Gasteiger partial charge in [-0.3, -0.25) is 0 Å². The molecule has 0 spiro atoms. The summed E-state index contributed by atoms with van der Waals surface area (Å²) >= 11 is 0. The molecule has 0 amide bonds. The van der Waals surface area contributed by atoms with Gasteiger partial charge in [0.25, 0.3) is 0 Å². The van der Waals surface area contributed by atoms with Gasteiger partial charge in [0.15, 0.2) is 0 Å². The lowest BCUT2D eigenvalue weighted by molar-refractivity contribution is 0.186. The van der Waals surface area contributed by atoms with Crippen LogP contribution in [0.25, 0.3) is 5.69 Å². The maximum atomic E-state index is 13.7. The zero-order valence-electron chi connectivity index (χ0n) is 8.55. The Hall–Kier alpha value is -1.72. The number of aromatic nitrogens is 2. The largest absolute Gasteiger partial charge is 0.387 e. The summed E-state index contributed by atoms with van der Waals surface area (Å²) in [5, 5.41) is 9.46. The summed E-state index contributed by atoms with van der Waals surface area (Å²) in [6, 6.07) is 4.52. The van der Waals surface area contributed by atoms with Crippen LogP contribution in [0.3, 0.4) is 0 Å². The Balaban J connectivity index is 2.37. The number of aliphatic hydroxyl groups excluding tert-OH is 1. The molecule has 1 atom stereocenters. The molecule has 1 aromatic heterocycles. The van der Waals surface area contributed by atoms with Crippen LogP contribution in [0.5, 0.6) is 0 Å². The Bertz CT molecular complexity index is 470. The fourth-order valence-corrected chi connectivity index (χ4v) is 1.48. The van der Waals surface area contributed by atoms with Crippen LogP contribution in [-0.2, 0) is 0 Å². The average molecular weight is 221 g/mol. The molecule has 0 saturated carbocycles. The van der Waals surface area contributed by atoms with E-state index in [1.807, 2.05) is 0 Å². The van der Waals surface area contributed by atoms with Crippen LogP contribution in [0.4, 0.5) is 4.39 Å². The third kappa shape index (κ3) is 1.95. The van der Waals surface area contributed by atoms with Gasteiger partial charge >= 0.3 is 0 Å². The molecule has 4 nitrogen and oxygen atoms in total. The summed E-state index contributed by atoms with van der Waals surface area (Å²) in [5.74, 6) is -0.414. The molecule has 84 valence electrons. The van der Waals surface area contributed by atoms with Gasteiger partial charge in [0.2, 0.25) is 0 Å². The molecule has 16 heavy (non-hydrogen) atoms. The molecule has 0 aliphatic carbocycles. The standard InChI is InChI=1S/C11H12FN3O/c12-9-5-8(11(16)6-13)1-2-10(9)15-4-3-14-7-15/h1-5,7,11,16H,6,13H2. The SMILES string of the molecule is NCC(O)c1ccc(-n2ccnc2)c(F)c1. The maximum absolute atomic E-state index is 13.7. The molecule has 3 N–H and O–H groups in total. The summed E-state index contributed by atoms with van der Waals surface area (Å²) in [6.07, 6.45) is 3.91. The van der Waals surface area contributed by atoms with Crippen LogP contribution in [-0.4, -0.2) is 21.2 Å². The van der Waals surface area contributed by atoms with Crippen LogP contribution in [0, 0.1) is 5.82 Å². The number of hydrogen-bond acceptors (Lipinski definition) is 3. The Labute approximate surface area is 92.2 Å². The molecule has 1 unspecified atom stereocenters. The topological polar surface area (TPSA) is 64.1 Å². The Morgan fingerprint density at radius 2 is 2.31 bits per heavy atom. The highest BCUT2D eigenvalue weighted by atomic mass is 19.1. The van der Waals surface area contributed by atoms with Crippen molar-refractivity contribution in [1.29, 1.82) is 0 Å². The van der Waals surface area contributed by atoms with Crippen molar-refractivity contribution in [2.24, 2.45) is 5.73 Å². The van der Waals surface area contributed by atoms with Gasteiger partial charge < -0.3 is 15.4 Å². The van der Waals surface area contributed by atoms with Crippen molar-refractivity contribution >= 4 is 0 Å². The maximum Gasteiger partial charge on any atom is 0.147 e. The van der Waals surface area contributed by atoms with Crippen molar-refractivity contribution in [3.8, 4) is 5.69 Å². The van der Waals surface area contributed by atoms with E-state index in [-0.39, 0.29) is 6.54 Å². The van der Waals surface area contributed by atoms with Gasteiger partial charge in [0, 0.05) is 18.9 Å². The lowest BCUT2D eigenvalue weighted by Crippen LogP contribution is -2.12. The van der Waals surface area contributed by atoms with Crippen molar-refractivity contribution in [2.75, 3.05) is 6.54 Å². The molecule has 2 rings (SSSR count). The number of nitrogens with two attached hydrogens (primary N) is 1. The zero-order chi connectivity index (χ0) is 11.5. The number of rotatable bonds is 3. The molecular weight excluding hydrogens is 209 g/mol. The van der Waals surface area contributed by atoms with Crippen LogP contribution in [0.1, 0.15) is 11.7 Å². The Morgan fingerprint density at radius 1 is 1.50 bits per heavy atom. The minimum absolute atomic E-state index is 0.0733. The van der Waals surface area contributed by atoms with Gasteiger partial charge in [0.1, 0.15) is 5.82 Å². The van der Waals surface area contributed by atoms with Gasteiger partial charge in [-0.05, 0) is 17.7 Å². The highest BCUT2D eigenvalue weighted by molar-refractivity contribution is 5.37. The first-order chi connectivity index (χ1) is 7.72. The normalized spacial score (nSPS) is 12.7. The molecule has 0 bridgehead atoms. The van der Waals surface area contributed by atoms with Gasteiger partial charge in [-0.25, -0.2) is 9.37 Å². The van der Waals surface area contributed by atoms with E-state index in [1.54, 1.807) is 29.1 Å². The quantitative estimate of drug-likeness (QED) is 0.812. The predicted molar refractivity (Wildman–Crippen MR) is 57.5 cm³/mol. The molecule has 0 radical (unpaired) electrons. The average Bonchev–Trinajstić information content (AvgIpc) is 2.81. The first-order valence-electron chi connectivity index (χ1n) is 4.88. The second kappa shape index (κ2) is 4.42. The van der Waals surface area contributed by atoms with Crippen LogP contribution < -0.4 is 5.73 Å². The van der Waals surface area contributed by atoms with Gasteiger partial charge in [0.05, 0.1) is 18.1 Å². The molecule has 0 aliphatic heterocycles. The van der Waals surface area contributed by atoms with E-state index in [0.717, 1.165) is 0 Å². The summed E-state index contributed by atoms with van der Waals surface area (Å²) in [4.78, 5) is 3.84. The Morgan fingerprint density at radius 3 is 2.88 bits per heavy atom. The number of hydrogen-bond donors (Lipinski definition) is 2. The molecular formula is C11H12FN3O. The second-order valence-electron chi connectivity index (χ2n) is 3.43. The van der Waals surface area contributed by atoms with Gasteiger partial charge in [-0.15, -0.1) is 0 Å². The van der Waals surface area contributed by atoms with E-state index in [9.17, 15) is 9.50 Å².